The fourth-order valence-corrected chi connectivity index (χ4v) is 0.829. The molecule has 0 aromatic heterocycles. The van der Waals surface area contributed by atoms with E-state index in [-0.39, 0.29) is 12.4 Å². The Kier molecular flexibility index (Phi) is 2.76. The predicted molar refractivity (Wildman–Crippen MR) is 48.8 cm³/mol. The van der Waals surface area contributed by atoms with Crippen molar-refractivity contribution in [1.29, 1.82) is 0 Å². The third-order valence-electron chi connectivity index (χ3n) is 1.44. The van der Waals surface area contributed by atoms with Crippen molar-refractivity contribution < 1.29 is 14.2 Å². The second-order valence-electron chi connectivity index (χ2n) is 3.48. The minimum absolute atomic E-state index is 0.0340. The first kappa shape index (κ1) is 9.84. The number of para-hydroxylation sites is 2. The lowest BCUT2D eigenvalue weighted by Crippen LogP contribution is -2.22. The molecule has 1 N–H and O–H groups in total. The Morgan fingerprint density at radius 1 is 1.38 bits per heavy atom. The number of hydrogen-bond acceptors (Lipinski definition) is 2. The van der Waals surface area contributed by atoms with Crippen molar-refractivity contribution >= 4 is 0 Å². The highest BCUT2D eigenvalue weighted by molar-refractivity contribution is 5.37. The van der Waals surface area contributed by atoms with E-state index >= 15 is 0 Å². The highest BCUT2D eigenvalue weighted by Gasteiger charge is 2.16. The topological polar surface area (TPSA) is 29.5 Å². The van der Waals surface area contributed by atoms with Crippen LogP contribution in [0.15, 0.2) is 24.3 Å². The van der Waals surface area contributed by atoms with Crippen LogP contribution in [0.1, 0.15) is 13.8 Å². The van der Waals surface area contributed by atoms with E-state index in [0.717, 1.165) is 0 Å². The van der Waals surface area contributed by atoms with Crippen LogP contribution >= 0.6 is 0 Å². The maximum Gasteiger partial charge on any atom is 0.161 e. The van der Waals surface area contributed by atoms with E-state index < -0.39 is 5.67 Å². The summed E-state index contributed by atoms with van der Waals surface area (Å²) < 4.78 is 18.1. The van der Waals surface area contributed by atoms with Crippen LogP contribution in [0.5, 0.6) is 11.5 Å². The summed E-state index contributed by atoms with van der Waals surface area (Å²) in [6.45, 7) is 2.78. The van der Waals surface area contributed by atoms with Crippen molar-refractivity contribution in [2.24, 2.45) is 0 Å². The van der Waals surface area contributed by atoms with E-state index in [1.165, 1.54) is 19.9 Å². The molecular formula is C10H13FO2. The van der Waals surface area contributed by atoms with Gasteiger partial charge in [-0.3, -0.25) is 0 Å². The van der Waals surface area contributed by atoms with E-state index in [9.17, 15) is 9.50 Å². The number of aromatic hydroxyl groups is 1. The number of halogens is 1. The molecule has 0 radical (unpaired) electrons. The maximum absolute atomic E-state index is 13.0. The van der Waals surface area contributed by atoms with Crippen molar-refractivity contribution in [3.63, 3.8) is 0 Å². The van der Waals surface area contributed by atoms with E-state index in [1.54, 1.807) is 18.2 Å². The van der Waals surface area contributed by atoms with Crippen molar-refractivity contribution in [2.45, 2.75) is 19.5 Å². The normalized spacial score (nSPS) is 11.3. The van der Waals surface area contributed by atoms with Crippen LogP contribution < -0.4 is 4.74 Å². The van der Waals surface area contributed by atoms with Crippen molar-refractivity contribution in [3.05, 3.63) is 24.3 Å². The molecule has 2 nitrogen and oxygen atoms in total. The van der Waals surface area contributed by atoms with Gasteiger partial charge in [0.25, 0.3) is 0 Å². The molecule has 0 aliphatic heterocycles. The third-order valence-corrected chi connectivity index (χ3v) is 1.44. The van der Waals surface area contributed by atoms with Gasteiger partial charge >= 0.3 is 0 Å². The smallest absolute Gasteiger partial charge is 0.161 e. The Balaban J connectivity index is 2.60. The zero-order chi connectivity index (χ0) is 9.90. The molecule has 1 rings (SSSR count). The summed E-state index contributed by atoms with van der Waals surface area (Å²) in [6.07, 6.45) is 0. The summed E-state index contributed by atoms with van der Waals surface area (Å²) in [6, 6.07) is 6.50. The molecule has 0 unspecified atom stereocenters. The highest BCUT2D eigenvalue weighted by Crippen LogP contribution is 2.25. The first-order valence-corrected chi connectivity index (χ1v) is 4.09. The molecule has 3 heteroatoms. The highest BCUT2D eigenvalue weighted by atomic mass is 19.1. The molecule has 72 valence electrons. The van der Waals surface area contributed by atoms with Gasteiger partial charge in [-0.15, -0.1) is 0 Å². The molecule has 0 aliphatic carbocycles. The standard InChI is InChI=1S/C10H13FO2/c1-10(2,11)7-13-9-6-4-3-5-8(9)12/h3-6,12H,7H2,1-2H3. The molecule has 0 bridgehead atoms. The molecule has 0 aliphatic rings. The molecule has 0 saturated carbocycles. The van der Waals surface area contributed by atoms with Gasteiger partial charge in [0.2, 0.25) is 0 Å². The Morgan fingerprint density at radius 3 is 2.54 bits per heavy atom. The summed E-state index contributed by atoms with van der Waals surface area (Å²) >= 11 is 0. The van der Waals surface area contributed by atoms with Crippen LogP contribution in [-0.4, -0.2) is 17.4 Å². The number of benzene rings is 1. The molecule has 0 amide bonds. The second-order valence-corrected chi connectivity index (χ2v) is 3.48. The molecule has 0 spiro atoms. The average Bonchev–Trinajstić information content (AvgIpc) is 2.01. The largest absolute Gasteiger partial charge is 0.504 e. The number of phenols is 1. The van der Waals surface area contributed by atoms with Crippen LogP contribution in [-0.2, 0) is 0 Å². The second kappa shape index (κ2) is 3.64. The molecule has 1 aromatic rings. The third kappa shape index (κ3) is 3.32. The van der Waals surface area contributed by atoms with Crippen LogP contribution in [0.4, 0.5) is 4.39 Å². The number of phenolic OH excluding ortho intramolecular Hbond substituents is 1. The van der Waals surface area contributed by atoms with Gasteiger partial charge in [-0.2, -0.15) is 0 Å². The lowest BCUT2D eigenvalue weighted by Gasteiger charge is -2.15. The summed E-state index contributed by atoms with van der Waals surface area (Å²) in [4.78, 5) is 0. The molecule has 0 saturated heterocycles. The van der Waals surface area contributed by atoms with Crippen LogP contribution in [0.2, 0.25) is 0 Å². The minimum Gasteiger partial charge on any atom is -0.504 e. The van der Waals surface area contributed by atoms with Crippen LogP contribution in [0.3, 0.4) is 0 Å². The Bertz CT molecular complexity index is 278. The number of hydrogen-bond donors (Lipinski definition) is 1. The van der Waals surface area contributed by atoms with Gasteiger partial charge in [0.1, 0.15) is 12.3 Å². The number of rotatable bonds is 3. The average molecular weight is 184 g/mol. The van der Waals surface area contributed by atoms with Crippen molar-refractivity contribution in [3.8, 4) is 11.5 Å². The lowest BCUT2D eigenvalue weighted by molar-refractivity contribution is 0.118. The van der Waals surface area contributed by atoms with E-state index in [0.29, 0.717) is 5.75 Å². The Labute approximate surface area is 77.0 Å². The fourth-order valence-electron chi connectivity index (χ4n) is 0.829. The minimum atomic E-state index is -1.39. The predicted octanol–water partition coefficient (Wildman–Crippen LogP) is 2.52. The zero-order valence-electron chi connectivity index (χ0n) is 7.75. The molecule has 13 heavy (non-hydrogen) atoms. The number of alkyl halides is 1. The first-order valence-electron chi connectivity index (χ1n) is 4.09. The van der Waals surface area contributed by atoms with Crippen molar-refractivity contribution in [1.82, 2.24) is 0 Å². The number of ether oxygens (including phenoxy) is 1. The monoisotopic (exact) mass is 184 g/mol. The SMILES string of the molecule is CC(C)(F)COc1ccccc1O. The summed E-state index contributed by atoms with van der Waals surface area (Å²) in [5.41, 5.74) is -1.39. The van der Waals surface area contributed by atoms with Gasteiger partial charge < -0.3 is 9.84 Å². The van der Waals surface area contributed by atoms with Gasteiger partial charge in [0.05, 0.1) is 0 Å². The van der Waals surface area contributed by atoms with Gasteiger partial charge in [-0.25, -0.2) is 4.39 Å². The van der Waals surface area contributed by atoms with Crippen LogP contribution in [0.25, 0.3) is 0 Å². The van der Waals surface area contributed by atoms with Crippen LogP contribution in [0, 0.1) is 0 Å². The summed E-state index contributed by atoms with van der Waals surface area (Å²) in [5.74, 6) is 0.347. The lowest BCUT2D eigenvalue weighted by atomic mass is 10.2. The van der Waals surface area contributed by atoms with E-state index in [4.69, 9.17) is 4.74 Å². The van der Waals surface area contributed by atoms with E-state index in [2.05, 4.69) is 0 Å². The Morgan fingerprint density at radius 2 is 2.00 bits per heavy atom. The first-order chi connectivity index (χ1) is 5.99. The summed E-state index contributed by atoms with van der Waals surface area (Å²) in [5, 5.41) is 9.26. The molecule has 0 atom stereocenters. The molecular weight excluding hydrogens is 171 g/mol. The van der Waals surface area contributed by atoms with Gasteiger partial charge in [-0.1, -0.05) is 12.1 Å². The van der Waals surface area contributed by atoms with Gasteiger partial charge in [-0.05, 0) is 26.0 Å². The maximum atomic E-state index is 13.0. The molecule has 0 fully saturated rings. The Hall–Kier alpha value is -1.25. The van der Waals surface area contributed by atoms with E-state index in [1.807, 2.05) is 0 Å². The summed E-state index contributed by atoms with van der Waals surface area (Å²) in [7, 11) is 0. The van der Waals surface area contributed by atoms with Gasteiger partial charge in [0, 0.05) is 0 Å². The fraction of sp³-hybridized carbons (Fsp3) is 0.400. The zero-order valence-corrected chi connectivity index (χ0v) is 7.75. The molecule has 1 aromatic carbocycles. The van der Waals surface area contributed by atoms with Crippen molar-refractivity contribution in [2.75, 3.05) is 6.61 Å². The van der Waals surface area contributed by atoms with Gasteiger partial charge in [0.15, 0.2) is 11.5 Å². The molecule has 0 heterocycles. The quantitative estimate of drug-likeness (QED) is 0.782.